The van der Waals surface area contributed by atoms with Gasteiger partial charge in [-0.1, -0.05) is 50.1 Å². The van der Waals surface area contributed by atoms with Crippen LogP contribution in [0.1, 0.15) is 49.4 Å². The van der Waals surface area contributed by atoms with Gasteiger partial charge in [-0.3, -0.25) is 0 Å². The van der Waals surface area contributed by atoms with Crippen molar-refractivity contribution in [1.82, 2.24) is 10.0 Å². The highest BCUT2D eigenvalue weighted by molar-refractivity contribution is 5.21. The highest BCUT2D eigenvalue weighted by Gasteiger charge is 2.05. The third-order valence-electron chi connectivity index (χ3n) is 4.38. The van der Waals surface area contributed by atoms with Gasteiger partial charge >= 0.3 is 0 Å². The summed E-state index contributed by atoms with van der Waals surface area (Å²) in [5.41, 5.74) is 3.77. The number of benzene rings is 1. The third kappa shape index (κ3) is 6.11. The fourth-order valence-electron chi connectivity index (χ4n) is 3.03. The zero-order valence-electron chi connectivity index (χ0n) is 14.3. The predicted octanol–water partition coefficient (Wildman–Crippen LogP) is 4.22. The lowest BCUT2D eigenvalue weighted by Gasteiger charge is -2.06. The van der Waals surface area contributed by atoms with Gasteiger partial charge in [-0.2, -0.15) is 4.73 Å². The first-order valence-corrected chi connectivity index (χ1v) is 8.94. The van der Waals surface area contributed by atoms with Crippen LogP contribution in [0.4, 0.5) is 0 Å². The highest BCUT2D eigenvalue weighted by Crippen LogP contribution is 2.14. The number of nitrogens with zero attached hydrogens (tertiary/aromatic N) is 1. The molecule has 0 spiro atoms. The maximum absolute atomic E-state index is 9.65. The van der Waals surface area contributed by atoms with E-state index in [-0.39, 0.29) is 0 Å². The van der Waals surface area contributed by atoms with E-state index in [1.807, 2.05) is 6.07 Å². The summed E-state index contributed by atoms with van der Waals surface area (Å²) >= 11 is 0. The zero-order valence-corrected chi connectivity index (χ0v) is 14.3. The molecule has 0 saturated heterocycles. The minimum Gasteiger partial charge on any atom is -0.429 e. The summed E-state index contributed by atoms with van der Waals surface area (Å²) in [4.78, 5) is 0. The second-order valence-corrected chi connectivity index (χ2v) is 6.14. The predicted molar refractivity (Wildman–Crippen MR) is 96.2 cm³/mol. The summed E-state index contributed by atoms with van der Waals surface area (Å²) in [6.07, 6.45) is 9.84. The topological polar surface area (TPSA) is 37.2 Å². The van der Waals surface area contributed by atoms with E-state index in [0.717, 1.165) is 38.0 Å². The molecule has 0 aliphatic heterocycles. The number of aryl methyl sites for hydroxylation is 1. The summed E-state index contributed by atoms with van der Waals surface area (Å²) in [5.74, 6) is 0. The van der Waals surface area contributed by atoms with E-state index in [2.05, 4.69) is 42.6 Å². The average molecular weight is 314 g/mol. The Kier molecular flexibility index (Phi) is 7.74. The maximum Gasteiger partial charge on any atom is 0.0596 e. The van der Waals surface area contributed by atoms with Crippen LogP contribution in [0.2, 0.25) is 0 Å². The van der Waals surface area contributed by atoms with Crippen molar-refractivity contribution in [2.45, 2.75) is 51.9 Å². The van der Waals surface area contributed by atoms with Crippen LogP contribution < -0.4 is 5.32 Å². The molecule has 0 saturated carbocycles. The van der Waals surface area contributed by atoms with Crippen LogP contribution in [0, 0.1) is 0 Å². The molecule has 2 N–H and O–H groups in total. The smallest absolute Gasteiger partial charge is 0.0596 e. The SMILES string of the molecule is CCc1c(CCCCCCNCCc2ccccc2)ccn1O. The van der Waals surface area contributed by atoms with Gasteiger partial charge in [-0.25, -0.2) is 0 Å². The summed E-state index contributed by atoms with van der Waals surface area (Å²) < 4.78 is 1.27. The molecule has 126 valence electrons. The van der Waals surface area contributed by atoms with Crippen molar-refractivity contribution < 1.29 is 5.21 Å². The Balaban J connectivity index is 1.46. The fourth-order valence-corrected chi connectivity index (χ4v) is 3.03. The normalized spacial score (nSPS) is 11.0. The first-order chi connectivity index (χ1) is 11.3. The molecule has 1 aromatic heterocycles. The van der Waals surface area contributed by atoms with Gasteiger partial charge in [0.1, 0.15) is 0 Å². The van der Waals surface area contributed by atoms with Gasteiger partial charge in [-0.15, -0.1) is 0 Å². The quantitative estimate of drug-likeness (QED) is 0.481. The van der Waals surface area contributed by atoms with Crippen molar-refractivity contribution in [2.75, 3.05) is 13.1 Å². The molecule has 0 aliphatic carbocycles. The molecular weight excluding hydrogens is 284 g/mol. The first kappa shape index (κ1) is 17.6. The third-order valence-corrected chi connectivity index (χ3v) is 4.38. The van der Waals surface area contributed by atoms with Gasteiger partial charge in [0.15, 0.2) is 0 Å². The lowest BCUT2D eigenvalue weighted by atomic mass is 10.1. The van der Waals surface area contributed by atoms with E-state index in [0.29, 0.717) is 0 Å². The molecule has 3 heteroatoms. The van der Waals surface area contributed by atoms with E-state index in [1.54, 1.807) is 6.20 Å². The second-order valence-electron chi connectivity index (χ2n) is 6.14. The number of hydrogen-bond acceptors (Lipinski definition) is 2. The fraction of sp³-hybridized carbons (Fsp3) is 0.500. The van der Waals surface area contributed by atoms with Crippen LogP contribution in [-0.4, -0.2) is 23.0 Å². The monoisotopic (exact) mass is 314 g/mol. The lowest BCUT2D eigenvalue weighted by Crippen LogP contribution is -2.18. The summed E-state index contributed by atoms with van der Waals surface area (Å²) in [6.45, 7) is 4.26. The van der Waals surface area contributed by atoms with Crippen molar-refractivity contribution in [1.29, 1.82) is 0 Å². The van der Waals surface area contributed by atoms with Crippen molar-refractivity contribution in [3.63, 3.8) is 0 Å². The maximum atomic E-state index is 9.65. The van der Waals surface area contributed by atoms with Crippen molar-refractivity contribution >= 4 is 0 Å². The van der Waals surface area contributed by atoms with Gasteiger partial charge in [0.05, 0.1) is 5.69 Å². The summed E-state index contributed by atoms with van der Waals surface area (Å²) in [6, 6.07) is 12.7. The van der Waals surface area contributed by atoms with Crippen LogP contribution in [-0.2, 0) is 19.3 Å². The van der Waals surface area contributed by atoms with Crippen LogP contribution in [0.3, 0.4) is 0 Å². The number of rotatable bonds is 11. The van der Waals surface area contributed by atoms with Crippen molar-refractivity contribution in [3.05, 3.63) is 59.4 Å². The Labute approximate surface area is 140 Å². The van der Waals surface area contributed by atoms with Crippen LogP contribution >= 0.6 is 0 Å². The molecule has 0 unspecified atom stereocenters. The van der Waals surface area contributed by atoms with E-state index in [9.17, 15) is 5.21 Å². The molecule has 2 rings (SSSR count). The molecule has 0 atom stereocenters. The van der Waals surface area contributed by atoms with Crippen molar-refractivity contribution in [3.8, 4) is 0 Å². The number of aromatic nitrogens is 1. The molecule has 2 aromatic rings. The molecule has 0 radical (unpaired) electrons. The molecule has 3 nitrogen and oxygen atoms in total. The van der Waals surface area contributed by atoms with Crippen molar-refractivity contribution in [2.24, 2.45) is 0 Å². The molecule has 23 heavy (non-hydrogen) atoms. The molecule has 0 fully saturated rings. The van der Waals surface area contributed by atoms with Gasteiger partial charge in [0.25, 0.3) is 0 Å². The van der Waals surface area contributed by atoms with Gasteiger partial charge in [-0.05, 0) is 62.4 Å². The number of unbranched alkanes of at least 4 members (excludes halogenated alkanes) is 3. The minimum atomic E-state index is 0.893. The van der Waals surface area contributed by atoms with E-state index in [1.165, 1.54) is 41.5 Å². The minimum absolute atomic E-state index is 0.893. The first-order valence-electron chi connectivity index (χ1n) is 8.94. The molecule has 0 amide bonds. The van der Waals surface area contributed by atoms with Gasteiger partial charge in [0, 0.05) is 6.20 Å². The van der Waals surface area contributed by atoms with E-state index in [4.69, 9.17) is 0 Å². The Morgan fingerprint density at radius 1 is 0.913 bits per heavy atom. The Bertz CT molecular complexity index is 548. The number of hydrogen-bond donors (Lipinski definition) is 2. The van der Waals surface area contributed by atoms with Crippen LogP contribution in [0.15, 0.2) is 42.6 Å². The van der Waals surface area contributed by atoms with Gasteiger partial charge < -0.3 is 10.5 Å². The zero-order chi connectivity index (χ0) is 16.3. The average Bonchev–Trinajstić information content (AvgIpc) is 2.94. The Morgan fingerprint density at radius 3 is 2.48 bits per heavy atom. The molecule has 0 bridgehead atoms. The standard InChI is InChI=1S/C20H30N2O/c1-2-20-19(14-17-22(20)23)12-8-3-4-9-15-21-16-13-18-10-6-5-7-11-18/h5-7,10-11,14,17,21,23H,2-4,8-9,12-13,15-16H2,1H3. The highest BCUT2D eigenvalue weighted by atomic mass is 16.5. The van der Waals surface area contributed by atoms with E-state index >= 15 is 0 Å². The Morgan fingerprint density at radius 2 is 1.70 bits per heavy atom. The van der Waals surface area contributed by atoms with Crippen LogP contribution in [0.5, 0.6) is 0 Å². The molecule has 1 heterocycles. The van der Waals surface area contributed by atoms with Gasteiger partial charge in [0.2, 0.25) is 0 Å². The molecule has 0 aliphatic rings. The largest absolute Gasteiger partial charge is 0.429 e. The summed E-state index contributed by atoms with van der Waals surface area (Å²) in [7, 11) is 0. The summed E-state index contributed by atoms with van der Waals surface area (Å²) in [5, 5.41) is 13.2. The Hall–Kier alpha value is -1.74. The molecule has 1 aromatic carbocycles. The number of nitrogens with one attached hydrogen (secondary N) is 1. The van der Waals surface area contributed by atoms with E-state index < -0.39 is 0 Å². The second kappa shape index (κ2) is 10.1. The lowest BCUT2D eigenvalue weighted by molar-refractivity contribution is 0.178. The van der Waals surface area contributed by atoms with Crippen LogP contribution in [0.25, 0.3) is 0 Å². The molecular formula is C20H30N2O.